The van der Waals surface area contributed by atoms with Crippen LogP contribution in [0, 0.1) is 0 Å². The van der Waals surface area contributed by atoms with E-state index in [1.165, 1.54) is 18.6 Å². The zero-order valence-corrected chi connectivity index (χ0v) is 11.8. The summed E-state index contributed by atoms with van der Waals surface area (Å²) in [4.78, 5) is 11.7. The first kappa shape index (κ1) is 13.9. The zero-order valence-electron chi connectivity index (χ0n) is 9.44. The molecule has 0 saturated heterocycles. The summed E-state index contributed by atoms with van der Waals surface area (Å²) in [5.41, 5.74) is 0.817. The number of amides is 1. The van der Waals surface area contributed by atoms with Crippen molar-refractivity contribution in [3.8, 4) is 0 Å². The minimum atomic E-state index is -0.380. The van der Waals surface area contributed by atoms with Gasteiger partial charge in [-0.15, -0.1) is 0 Å². The fourth-order valence-corrected chi connectivity index (χ4v) is 2.02. The number of thiocarbonyl (C=S) groups is 1. The Bertz CT molecular complexity index is 594. The average molecular weight is 315 g/mol. The van der Waals surface area contributed by atoms with E-state index in [4.69, 9.17) is 39.8 Å². The maximum atomic E-state index is 11.7. The molecule has 0 radical (unpaired) electrons. The van der Waals surface area contributed by atoms with Crippen molar-refractivity contribution in [1.29, 1.82) is 0 Å². The van der Waals surface area contributed by atoms with Gasteiger partial charge in [-0.1, -0.05) is 29.3 Å². The van der Waals surface area contributed by atoms with Crippen LogP contribution in [0.4, 0.5) is 5.69 Å². The highest BCUT2D eigenvalue weighted by atomic mass is 35.5. The highest BCUT2D eigenvalue weighted by Gasteiger charge is 2.11. The van der Waals surface area contributed by atoms with Crippen molar-refractivity contribution in [2.24, 2.45) is 0 Å². The fraction of sp³-hybridized carbons (Fsp3) is 0. The van der Waals surface area contributed by atoms with Gasteiger partial charge in [-0.3, -0.25) is 10.1 Å². The van der Waals surface area contributed by atoms with Gasteiger partial charge in [0.1, 0.15) is 6.26 Å². The van der Waals surface area contributed by atoms with Gasteiger partial charge in [-0.2, -0.15) is 0 Å². The van der Waals surface area contributed by atoms with Crippen LogP contribution in [0.1, 0.15) is 10.4 Å². The van der Waals surface area contributed by atoms with Crippen LogP contribution >= 0.6 is 35.4 Å². The van der Waals surface area contributed by atoms with Crippen molar-refractivity contribution in [2.75, 3.05) is 5.32 Å². The molecule has 2 rings (SSSR count). The van der Waals surface area contributed by atoms with Crippen LogP contribution in [-0.4, -0.2) is 11.0 Å². The predicted octanol–water partition coefficient (Wildman–Crippen LogP) is 3.71. The largest absolute Gasteiger partial charge is 0.472 e. The van der Waals surface area contributed by atoms with Crippen LogP contribution in [0.15, 0.2) is 41.2 Å². The Morgan fingerprint density at radius 3 is 2.47 bits per heavy atom. The molecule has 0 aliphatic carbocycles. The minimum absolute atomic E-state index is 0.0983. The second-order valence-electron chi connectivity index (χ2n) is 3.52. The molecule has 1 aromatic carbocycles. The van der Waals surface area contributed by atoms with Gasteiger partial charge in [0.05, 0.1) is 27.6 Å². The Kier molecular flexibility index (Phi) is 4.42. The van der Waals surface area contributed by atoms with Crippen LogP contribution in [0.2, 0.25) is 10.0 Å². The number of rotatable bonds is 2. The van der Waals surface area contributed by atoms with Gasteiger partial charge in [0, 0.05) is 0 Å². The number of anilines is 1. The zero-order chi connectivity index (χ0) is 13.8. The van der Waals surface area contributed by atoms with Crippen molar-refractivity contribution >= 4 is 52.1 Å². The minimum Gasteiger partial charge on any atom is -0.472 e. The molecule has 1 heterocycles. The van der Waals surface area contributed by atoms with Gasteiger partial charge >= 0.3 is 0 Å². The van der Waals surface area contributed by atoms with E-state index in [2.05, 4.69) is 10.6 Å². The van der Waals surface area contributed by atoms with Crippen LogP contribution in [0.3, 0.4) is 0 Å². The molecule has 2 N–H and O–H groups in total. The summed E-state index contributed by atoms with van der Waals surface area (Å²) < 4.78 is 4.81. The molecule has 0 spiro atoms. The van der Waals surface area contributed by atoms with Gasteiger partial charge in [0.15, 0.2) is 5.11 Å². The molecule has 0 unspecified atom stereocenters. The van der Waals surface area contributed by atoms with Crippen molar-refractivity contribution in [3.63, 3.8) is 0 Å². The van der Waals surface area contributed by atoms with Gasteiger partial charge in [0.2, 0.25) is 0 Å². The van der Waals surface area contributed by atoms with Gasteiger partial charge in [-0.25, -0.2) is 0 Å². The summed E-state index contributed by atoms with van der Waals surface area (Å²) >= 11 is 17.0. The first-order chi connectivity index (χ1) is 9.08. The summed E-state index contributed by atoms with van der Waals surface area (Å²) in [6, 6.07) is 6.57. The van der Waals surface area contributed by atoms with Crippen molar-refractivity contribution in [2.45, 2.75) is 0 Å². The molecule has 0 saturated carbocycles. The number of hydrogen-bond donors (Lipinski definition) is 2. The van der Waals surface area contributed by atoms with E-state index < -0.39 is 0 Å². The van der Waals surface area contributed by atoms with E-state index in [1.807, 2.05) is 0 Å². The standard InChI is InChI=1S/C12H8Cl2N2O2S/c13-8-2-1-3-9(14)10(8)15-12(19)16-11(17)7-4-5-18-6-7/h1-6H,(H2,15,16,17,19). The first-order valence-electron chi connectivity index (χ1n) is 5.16. The first-order valence-corrected chi connectivity index (χ1v) is 6.33. The molecule has 0 aliphatic rings. The lowest BCUT2D eigenvalue weighted by atomic mass is 10.3. The lowest BCUT2D eigenvalue weighted by Crippen LogP contribution is -2.34. The molecular weight excluding hydrogens is 307 g/mol. The third kappa shape index (κ3) is 3.47. The Morgan fingerprint density at radius 2 is 1.89 bits per heavy atom. The monoisotopic (exact) mass is 314 g/mol. The summed E-state index contributed by atoms with van der Waals surface area (Å²) in [5.74, 6) is -0.380. The molecule has 0 atom stereocenters. The number of furan rings is 1. The molecule has 7 heteroatoms. The van der Waals surface area contributed by atoms with Gasteiger partial charge < -0.3 is 9.73 Å². The third-order valence-corrected chi connectivity index (χ3v) is 3.05. The molecule has 0 fully saturated rings. The van der Waals surface area contributed by atoms with E-state index in [9.17, 15) is 4.79 Å². The molecule has 1 amide bonds. The van der Waals surface area contributed by atoms with Crippen LogP contribution < -0.4 is 10.6 Å². The molecule has 2 aromatic rings. The van der Waals surface area contributed by atoms with E-state index in [0.717, 1.165) is 0 Å². The molecule has 0 aliphatic heterocycles. The third-order valence-electron chi connectivity index (χ3n) is 2.21. The van der Waals surface area contributed by atoms with Crippen molar-refractivity contribution in [3.05, 3.63) is 52.4 Å². The molecule has 4 nitrogen and oxygen atoms in total. The quantitative estimate of drug-likeness (QED) is 0.830. The van der Waals surface area contributed by atoms with Crippen LogP contribution in [-0.2, 0) is 0 Å². The Hall–Kier alpha value is -1.56. The Morgan fingerprint density at radius 1 is 1.21 bits per heavy atom. The predicted molar refractivity (Wildman–Crippen MR) is 78.9 cm³/mol. The van der Waals surface area contributed by atoms with Crippen molar-refractivity contribution in [1.82, 2.24) is 5.32 Å². The molecule has 1 aromatic heterocycles. The fourth-order valence-electron chi connectivity index (χ4n) is 1.33. The SMILES string of the molecule is O=C(NC(=S)Nc1c(Cl)cccc1Cl)c1ccoc1. The highest BCUT2D eigenvalue weighted by Crippen LogP contribution is 2.29. The molecule has 0 bridgehead atoms. The molecule has 19 heavy (non-hydrogen) atoms. The summed E-state index contributed by atoms with van der Waals surface area (Å²) in [5, 5.41) is 6.18. The number of para-hydroxylation sites is 1. The van der Waals surface area contributed by atoms with E-state index in [0.29, 0.717) is 21.3 Å². The van der Waals surface area contributed by atoms with Crippen molar-refractivity contribution < 1.29 is 9.21 Å². The Balaban J connectivity index is 2.04. The maximum absolute atomic E-state index is 11.7. The highest BCUT2D eigenvalue weighted by molar-refractivity contribution is 7.80. The van der Waals surface area contributed by atoms with E-state index in [-0.39, 0.29) is 11.0 Å². The summed E-state index contributed by atoms with van der Waals surface area (Å²) in [7, 11) is 0. The molecule has 98 valence electrons. The number of carbonyl (C=O) groups is 1. The molecular formula is C12H8Cl2N2O2S. The van der Waals surface area contributed by atoms with E-state index >= 15 is 0 Å². The van der Waals surface area contributed by atoms with Gasteiger partial charge in [-0.05, 0) is 30.4 Å². The summed E-state index contributed by atoms with van der Waals surface area (Å²) in [6.45, 7) is 0. The van der Waals surface area contributed by atoms with Gasteiger partial charge in [0.25, 0.3) is 5.91 Å². The smallest absolute Gasteiger partial charge is 0.260 e. The number of hydrogen-bond acceptors (Lipinski definition) is 3. The number of carbonyl (C=O) groups excluding carboxylic acids is 1. The summed E-state index contributed by atoms with van der Waals surface area (Å²) in [6.07, 6.45) is 2.72. The van der Waals surface area contributed by atoms with Crippen LogP contribution in [0.5, 0.6) is 0 Å². The Labute approximate surface area is 124 Å². The average Bonchev–Trinajstić information content (AvgIpc) is 2.88. The number of halogens is 2. The maximum Gasteiger partial charge on any atom is 0.260 e. The topological polar surface area (TPSA) is 54.3 Å². The number of benzene rings is 1. The van der Waals surface area contributed by atoms with E-state index in [1.54, 1.807) is 18.2 Å². The van der Waals surface area contributed by atoms with Crippen LogP contribution in [0.25, 0.3) is 0 Å². The second-order valence-corrected chi connectivity index (χ2v) is 4.74. The normalized spacial score (nSPS) is 10.0. The lowest BCUT2D eigenvalue weighted by Gasteiger charge is -2.11. The lowest BCUT2D eigenvalue weighted by molar-refractivity contribution is 0.0977. The second kappa shape index (κ2) is 6.06. The number of nitrogens with one attached hydrogen (secondary N) is 2.